The van der Waals surface area contributed by atoms with Crippen molar-refractivity contribution in [1.29, 1.82) is 0 Å². The topological polar surface area (TPSA) is 26.3 Å². The fraction of sp³-hybridized carbons (Fsp3) is 0.900. The van der Waals surface area contributed by atoms with E-state index in [0.29, 0.717) is 11.8 Å². The van der Waals surface area contributed by atoms with Crippen LogP contribution in [0, 0.1) is 11.8 Å². The van der Waals surface area contributed by atoms with E-state index in [4.69, 9.17) is 11.6 Å². The Labute approximate surface area is 85.6 Å². The Balaban J connectivity index is 3.68. The first kappa shape index (κ1) is 12.8. The highest BCUT2D eigenvalue weighted by Crippen LogP contribution is 2.18. The molecule has 2 nitrogen and oxygen atoms in total. The van der Waals surface area contributed by atoms with E-state index in [1.807, 2.05) is 6.92 Å². The van der Waals surface area contributed by atoms with Gasteiger partial charge in [0.2, 0.25) is 0 Å². The van der Waals surface area contributed by atoms with Gasteiger partial charge in [-0.25, -0.2) is 0 Å². The summed E-state index contributed by atoms with van der Waals surface area (Å²) in [4.78, 5) is 11.1. The Kier molecular flexibility index (Phi) is 7.06. The van der Waals surface area contributed by atoms with Crippen LogP contribution in [0.25, 0.3) is 0 Å². The molecular weight excluding hydrogens is 188 g/mol. The highest BCUT2D eigenvalue weighted by molar-refractivity contribution is 6.17. The lowest BCUT2D eigenvalue weighted by Gasteiger charge is -2.16. The smallest absolute Gasteiger partial charge is 0.308 e. The van der Waals surface area contributed by atoms with Crippen LogP contribution in [-0.4, -0.2) is 19.0 Å². The van der Waals surface area contributed by atoms with E-state index in [1.165, 1.54) is 7.11 Å². The van der Waals surface area contributed by atoms with E-state index in [1.54, 1.807) is 0 Å². The van der Waals surface area contributed by atoms with Gasteiger partial charge in [-0.1, -0.05) is 20.3 Å². The van der Waals surface area contributed by atoms with Gasteiger partial charge in [0.25, 0.3) is 0 Å². The van der Waals surface area contributed by atoms with Crippen molar-refractivity contribution in [3.05, 3.63) is 0 Å². The van der Waals surface area contributed by atoms with Crippen molar-refractivity contribution in [3.8, 4) is 0 Å². The summed E-state index contributed by atoms with van der Waals surface area (Å²) in [6.07, 6.45) is 3.16. The summed E-state index contributed by atoms with van der Waals surface area (Å²) in [5.41, 5.74) is 0. The van der Waals surface area contributed by atoms with Crippen molar-refractivity contribution in [3.63, 3.8) is 0 Å². The minimum absolute atomic E-state index is 0.000301. The zero-order valence-corrected chi connectivity index (χ0v) is 9.43. The number of carbonyl (C=O) groups is 1. The molecule has 0 amide bonds. The van der Waals surface area contributed by atoms with Crippen LogP contribution in [0.1, 0.15) is 33.1 Å². The number of hydrogen-bond donors (Lipinski definition) is 0. The average molecular weight is 207 g/mol. The molecule has 0 spiro atoms. The van der Waals surface area contributed by atoms with Crippen LogP contribution in [0.2, 0.25) is 0 Å². The fourth-order valence-corrected chi connectivity index (χ4v) is 1.42. The molecule has 0 bridgehead atoms. The number of alkyl halides is 1. The van der Waals surface area contributed by atoms with Crippen LogP contribution >= 0.6 is 11.6 Å². The maximum atomic E-state index is 11.1. The second kappa shape index (κ2) is 7.19. The van der Waals surface area contributed by atoms with E-state index in [0.717, 1.165) is 19.3 Å². The predicted molar refractivity (Wildman–Crippen MR) is 54.9 cm³/mol. The summed E-state index contributed by atoms with van der Waals surface area (Å²) in [5, 5.41) is 0. The van der Waals surface area contributed by atoms with E-state index in [2.05, 4.69) is 11.7 Å². The van der Waals surface area contributed by atoms with Crippen LogP contribution in [-0.2, 0) is 9.53 Å². The number of unbranched alkanes of at least 4 members (excludes halogenated alkanes) is 1. The molecule has 13 heavy (non-hydrogen) atoms. The molecule has 0 aromatic carbocycles. The van der Waals surface area contributed by atoms with Crippen molar-refractivity contribution < 1.29 is 9.53 Å². The molecule has 0 unspecified atom stereocenters. The number of halogens is 1. The van der Waals surface area contributed by atoms with Crippen LogP contribution in [0.15, 0.2) is 0 Å². The summed E-state index contributed by atoms with van der Waals surface area (Å²) in [6, 6.07) is 0. The number of methoxy groups -OCH3 is 1. The zero-order chi connectivity index (χ0) is 10.3. The number of esters is 1. The summed E-state index contributed by atoms with van der Waals surface area (Å²) >= 11 is 5.56. The summed E-state index contributed by atoms with van der Waals surface area (Å²) < 4.78 is 4.67. The van der Waals surface area contributed by atoms with E-state index in [9.17, 15) is 4.79 Å². The Morgan fingerprint density at radius 2 is 2.00 bits per heavy atom. The van der Waals surface area contributed by atoms with Gasteiger partial charge in [0.1, 0.15) is 0 Å². The van der Waals surface area contributed by atoms with Gasteiger partial charge in [-0.05, 0) is 18.8 Å². The predicted octanol–water partition coefficient (Wildman–Crippen LogP) is 2.84. The fourth-order valence-electron chi connectivity index (χ4n) is 1.23. The first-order valence-electron chi connectivity index (χ1n) is 4.77. The largest absolute Gasteiger partial charge is 0.469 e. The first-order valence-corrected chi connectivity index (χ1v) is 5.30. The van der Waals surface area contributed by atoms with Crippen molar-refractivity contribution in [2.45, 2.75) is 33.1 Å². The van der Waals surface area contributed by atoms with Crippen molar-refractivity contribution in [2.24, 2.45) is 11.8 Å². The molecule has 0 radical (unpaired) electrons. The lowest BCUT2D eigenvalue weighted by Crippen LogP contribution is -2.20. The van der Waals surface area contributed by atoms with Gasteiger partial charge in [-0.3, -0.25) is 4.79 Å². The number of ether oxygens (including phenoxy) is 1. The van der Waals surface area contributed by atoms with Gasteiger partial charge in [0.05, 0.1) is 13.0 Å². The van der Waals surface area contributed by atoms with E-state index >= 15 is 0 Å². The molecule has 0 aliphatic heterocycles. The highest BCUT2D eigenvalue weighted by atomic mass is 35.5. The van der Waals surface area contributed by atoms with Crippen molar-refractivity contribution >= 4 is 17.6 Å². The number of rotatable bonds is 6. The minimum Gasteiger partial charge on any atom is -0.469 e. The molecule has 0 aliphatic rings. The van der Waals surface area contributed by atoms with Crippen molar-refractivity contribution in [1.82, 2.24) is 0 Å². The third kappa shape index (κ3) is 5.14. The van der Waals surface area contributed by atoms with Gasteiger partial charge in [0, 0.05) is 5.88 Å². The molecular formula is C10H19ClO2. The number of hydrogen-bond acceptors (Lipinski definition) is 2. The molecule has 0 heterocycles. The summed E-state index contributed by atoms with van der Waals surface area (Å²) in [6.45, 7) is 3.99. The van der Waals surface area contributed by atoms with Gasteiger partial charge in [-0.2, -0.15) is 0 Å². The Bertz CT molecular complexity index is 148. The quantitative estimate of drug-likeness (QED) is 0.380. The Morgan fingerprint density at radius 3 is 2.46 bits per heavy atom. The van der Waals surface area contributed by atoms with Gasteiger partial charge in [-0.15, -0.1) is 11.6 Å². The van der Waals surface area contributed by atoms with Crippen LogP contribution in [0.3, 0.4) is 0 Å². The maximum Gasteiger partial charge on any atom is 0.308 e. The minimum atomic E-state index is -0.113. The zero-order valence-electron chi connectivity index (χ0n) is 8.68. The second-order valence-electron chi connectivity index (χ2n) is 3.47. The molecule has 78 valence electrons. The highest BCUT2D eigenvalue weighted by Gasteiger charge is 2.19. The molecule has 0 saturated heterocycles. The number of carbonyl (C=O) groups excluding carboxylic acids is 1. The van der Waals surface area contributed by atoms with Gasteiger partial charge >= 0.3 is 5.97 Å². The molecule has 0 aliphatic carbocycles. The molecule has 0 N–H and O–H groups in total. The average Bonchev–Trinajstić information content (AvgIpc) is 2.15. The summed E-state index contributed by atoms with van der Waals surface area (Å²) in [5.74, 6) is 0.980. The normalized spacial score (nSPS) is 15.1. The third-order valence-electron chi connectivity index (χ3n) is 2.47. The molecule has 0 saturated carbocycles. The standard InChI is InChI=1S/C10H19ClO2/c1-8(6-4-5-7-11)9(2)10(12)13-3/h8-9H,4-7H2,1-3H3/t8-,9-/m0/s1. The third-order valence-corrected chi connectivity index (χ3v) is 2.74. The lowest BCUT2D eigenvalue weighted by atomic mass is 9.91. The van der Waals surface area contributed by atoms with E-state index in [-0.39, 0.29) is 11.9 Å². The molecule has 0 aromatic rings. The molecule has 0 aromatic heterocycles. The van der Waals surface area contributed by atoms with Crippen LogP contribution < -0.4 is 0 Å². The lowest BCUT2D eigenvalue weighted by molar-refractivity contribution is -0.146. The molecule has 2 atom stereocenters. The maximum absolute atomic E-state index is 11.1. The van der Waals surface area contributed by atoms with Gasteiger partial charge < -0.3 is 4.74 Å². The first-order chi connectivity index (χ1) is 6.13. The van der Waals surface area contributed by atoms with Crippen molar-refractivity contribution in [2.75, 3.05) is 13.0 Å². The second-order valence-corrected chi connectivity index (χ2v) is 3.85. The molecule has 0 fully saturated rings. The van der Waals surface area contributed by atoms with Crippen LogP contribution in [0.5, 0.6) is 0 Å². The Hall–Kier alpha value is -0.240. The molecule has 3 heteroatoms. The molecule has 0 rings (SSSR count). The monoisotopic (exact) mass is 206 g/mol. The SMILES string of the molecule is COC(=O)[C@@H](C)[C@@H](C)CCCCCl. The van der Waals surface area contributed by atoms with Gasteiger partial charge in [0.15, 0.2) is 0 Å². The van der Waals surface area contributed by atoms with Crippen LogP contribution in [0.4, 0.5) is 0 Å². The van der Waals surface area contributed by atoms with E-state index < -0.39 is 0 Å². The summed E-state index contributed by atoms with van der Waals surface area (Å²) in [7, 11) is 1.43. The Morgan fingerprint density at radius 1 is 1.38 bits per heavy atom.